The maximum atomic E-state index is 12.2. The lowest BCUT2D eigenvalue weighted by molar-refractivity contribution is -0.133. The third kappa shape index (κ3) is 4.59. The van der Waals surface area contributed by atoms with E-state index < -0.39 is 18.4 Å². The van der Waals surface area contributed by atoms with E-state index in [1.165, 1.54) is 12.5 Å². The minimum absolute atomic E-state index is 0.118. The molecule has 1 aliphatic rings. The van der Waals surface area contributed by atoms with Gasteiger partial charge in [0.25, 0.3) is 5.91 Å². The fourth-order valence-corrected chi connectivity index (χ4v) is 3.95. The van der Waals surface area contributed by atoms with Crippen molar-refractivity contribution in [3.8, 4) is 17.1 Å². The summed E-state index contributed by atoms with van der Waals surface area (Å²) in [5.74, 6) is 1.01. The third-order valence-corrected chi connectivity index (χ3v) is 5.69. The summed E-state index contributed by atoms with van der Waals surface area (Å²) in [6, 6.07) is 7.42. The number of carbonyl (C=O) groups excluding carboxylic acids is 1. The lowest BCUT2D eigenvalue weighted by Crippen LogP contribution is -2.30. The Morgan fingerprint density at radius 3 is 3.00 bits per heavy atom. The van der Waals surface area contributed by atoms with Crippen molar-refractivity contribution in [2.24, 2.45) is 0 Å². The van der Waals surface area contributed by atoms with Crippen molar-refractivity contribution in [1.29, 1.82) is 0 Å². The highest BCUT2D eigenvalue weighted by Crippen LogP contribution is 2.33. The Labute approximate surface area is 206 Å². The Hall–Kier alpha value is -4.42. The standard InChI is InChI=1S/C24H24N8O4/c1-3-26-23(34)18-9-17(33)24(36-18)32-13-29-19-21(28-11-15-6-4-5-7-27-15)30-20(31-22(19)32)14-8-16(35-2)12-25-10-14/h3-8,10,12-13,17-18,24,33H,1,9,11H2,2H3,(H,26,34)(H,28,30,31)/t17-,18+,24-/m1/s1. The smallest absolute Gasteiger partial charge is 0.253 e. The number of nitrogens with zero attached hydrogens (tertiary/aromatic N) is 6. The van der Waals surface area contributed by atoms with Crippen LogP contribution < -0.4 is 15.4 Å². The number of fused-ring (bicyclic) bond motifs is 1. The molecule has 0 aliphatic carbocycles. The molecule has 0 aromatic carbocycles. The molecule has 4 aromatic rings. The summed E-state index contributed by atoms with van der Waals surface area (Å²) in [4.78, 5) is 34.7. The van der Waals surface area contributed by atoms with E-state index in [2.05, 4.69) is 37.1 Å². The van der Waals surface area contributed by atoms with Gasteiger partial charge in [-0.15, -0.1) is 0 Å². The van der Waals surface area contributed by atoms with Gasteiger partial charge in [-0.2, -0.15) is 0 Å². The van der Waals surface area contributed by atoms with Crippen LogP contribution in [0.25, 0.3) is 22.6 Å². The van der Waals surface area contributed by atoms with Gasteiger partial charge in [0.1, 0.15) is 18.0 Å². The number of aromatic nitrogens is 6. The average molecular weight is 489 g/mol. The van der Waals surface area contributed by atoms with Gasteiger partial charge in [0.15, 0.2) is 29.0 Å². The summed E-state index contributed by atoms with van der Waals surface area (Å²) in [6.45, 7) is 3.90. The van der Waals surface area contributed by atoms with E-state index in [1.54, 1.807) is 36.3 Å². The fraction of sp³-hybridized carbons (Fsp3) is 0.250. The van der Waals surface area contributed by atoms with Crippen molar-refractivity contribution in [3.05, 3.63) is 67.7 Å². The molecule has 0 saturated carbocycles. The zero-order chi connectivity index (χ0) is 25.1. The van der Waals surface area contributed by atoms with Crippen LogP contribution in [0.3, 0.4) is 0 Å². The number of nitrogens with one attached hydrogen (secondary N) is 2. The largest absolute Gasteiger partial charge is 0.495 e. The molecular formula is C24H24N8O4. The monoisotopic (exact) mass is 488 g/mol. The Kier molecular flexibility index (Phi) is 6.52. The molecule has 184 valence electrons. The highest BCUT2D eigenvalue weighted by molar-refractivity contribution is 5.85. The van der Waals surface area contributed by atoms with Crippen LogP contribution in [0.15, 0.2) is 62.0 Å². The maximum absolute atomic E-state index is 12.2. The molecule has 0 bridgehead atoms. The van der Waals surface area contributed by atoms with E-state index >= 15 is 0 Å². The van der Waals surface area contributed by atoms with Gasteiger partial charge >= 0.3 is 0 Å². The van der Waals surface area contributed by atoms with E-state index in [0.717, 1.165) is 5.69 Å². The number of imidazole rings is 1. The van der Waals surface area contributed by atoms with Gasteiger partial charge in [-0.05, 0) is 24.4 Å². The molecule has 0 unspecified atom stereocenters. The predicted octanol–water partition coefficient (Wildman–Crippen LogP) is 1.81. The molecular weight excluding hydrogens is 464 g/mol. The van der Waals surface area contributed by atoms with Gasteiger partial charge in [-0.1, -0.05) is 12.6 Å². The summed E-state index contributed by atoms with van der Waals surface area (Å²) in [5, 5.41) is 16.5. The first-order valence-corrected chi connectivity index (χ1v) is 11.2. The molecule has 4 aromatic heterocycles. The normalized spacial score (nSPS) is 19.2. The number of aliphatic hydroxyl groups is 1. The molecule has 3 N–H and O–H groups in total. The Morgan fingerprint density at radius 2 is 2.22 bits per heavy atom. The molecule has 0 spiro atoms. The van der Waals surface area contributed by atoms with Crippen LogP contribution >= 0.6 is 0 Å². The van der Waals surface area contributed by atoms with Crippen LogP contribution in [0, 0.1) is 0 Å². The number of aliphatic hydroxyl groups excluding tert-OH is 1. The fourth-order valence-electron chi connectivity index (χ4n) is 3.95. The van der Waals surface area contributed by atoms with E-state index in [9.17, 15) is 9.90 Å². The first kappa shape index (κ1) is 23.3. The SMILES string of the molecule is C=CNC(=O)[C@@H]1C[C@@H](O)[C@H](n2cnc3c(NCc4ccccn4)nc(-c4cncc(OC)c4)nc32)O1. The zero-order valence-electron chi connectivity index (χ0n) is 19.4. The number of methoxy groups -OCH3 is 1. The van der Waals surface area contributed by atoms with Gasteiger partial charge in [-0.3, -0.25) is 19.3 Å². The Morgan fingerprint density at radius 1 is 1.33 bits per heavy atom. The van der Waals surface area contributed by atoms with Gasteiger partial charge in [0.05, 0.1) is 31.9 Å². The summed E-state index contributed by atoms with van der Waals surface area (Å²) in [6.07, 6.45) is 5.17. The van der Waals surface area contributed by atoms with E-state index in [1.807, 2.05) is 18.2 Å². The highest BCUT2D eigenvalue weighted by atomic mass is 16.5. The second-order valence-electron chi connectivity index (χ2n) is 8.04. The third-order valence-electron chi connectivity index (χ3n) is 5.69. The topological polar surface area (TPSA) is 149 Å². The molecule has 3 atom stereocenters. The van der Waals surface area contributed by atoms with Crippen LogP contribution in [0.2, 0.25) is 0 Å². The lowest BCUT2D eigenvalue weighted by atomic mass is 10.2. The van der Waals surface area contributed by atoms with Crippen molar-refractivity contribution in [2.45, 2.75) is 31.4 Å². The Bertz CT molecular complexity index is 1390. The molecule has 12 heteroatoms. The van der Waals surface area contributed by atoms with E-state index in [0.29, 0.717) is 40.7 Å². The average Bonchev–Trinajstić information content (AvgIpc) is 3.51. The number of rotatable bonds is 8. The molecule has 36 heavy (non-hydrogen) atoms. The van der Waals surface area contributed by atoms with Crippen LogP contribution in [0.1, 0.15) is 18.3 Å². The van der Waals surface area contributed by atoms with Gasteiger partial charge in [-0.25, -0.2) is 15.0 Å². The van der Waals surface area contributed by atoms with Crippen LogP contribution in [-0.2, 0) is 16.1 Å². The summed E-state index contributed by atoms with van der Waals surface area (Å²) < 4.78 is 12.8. The molecule has 1 aliphatic heterocycles. The quantitative estimate of drug-likeness (QED) is 0.335. The summed E-state index contributed by atoms with van der Waals surface area (Å²) in [7, 11) is 1.55. The van der Waals surface area contributed by atoms with Gasteiger partial charge in [0.2, 0.25) is 0 Å². The first-order valence-electron chi connectivity index (χ1n) is 11.2. The number of carbonyl (C=O) groups is 1. The van der Waals surface area contributed by atoms with Crippen molar-refractivity contribution in [2.75, 3.05) is 12.4 Å². The number of hydrogen-bond acceptors (Lipinski definition) is 10. The Balaban J connectivity index is 1.56. The molecule has 12 nitrogen and oxygen atoms in total. The first-order chi connectivity index (χ1) is 17.6. The van der Waals surface area contributed by atoms with Crippen molar-refractivity contribution >= 4 is 22.9 Å². The number of hydrogen-bond donors (Lipinski definition) is 3. The predicted molar refractivity (Wildman–Crippen MR) is 130 cm³/mol. The second kappa shape index (κ2) is 10.1. The van der Waals surface area contributed by atoms with E-state index in [-0.39, 0.29) is 12.3 Å². The molecule has 1 fully saturated rings. The van der Waals surface area contributed by atoms with Crippen molar-refractivity contribution in [1.82, 2.24) is 34.8 Å². The molecule has 5 rings (SSSR count). The summed E-state index contributed by atoms with van der Waals surface area (Å²) in [5.41, 5.74) is 2.33. The molecule has 1 saturated heterocycles. The second-order valence-corrected chi connectivity index (χ2v) is 8.04. The lowest BCUT2D eigenvalue weighted by Gasteiger charge is -2.17. The van der Waals surface area contributed by atoms with Crippen molar-refractivity contribution in [3.63, 3.8) is 0 Å². The number of anilines is 1. The molecule has 1 amide bonds. The van der Waals surface area contributed by atoms with Crippen LogP contribution in [0.4, 0.5) is 5.82 Å². The van der Waals surface area contributed by atoms with Gasteiger partial charge in [0, 0.05) is 24.4 Å². The van der Waals surface area contributed by atoms with Crippen LogP contribution in [0.5, 0.6) is 5.75 Å². The summed E-state index contributed by atoms with van der Waals surface area (Å²) >= 11 is 0. The molecule has 0 radical (unpaired) electrons. The maximum Gasteiger partial charge on any atom is 0.253 e. The van der Waals surface area contributed by atoms with E-state index in [4.69, 9.17) is 14.5 Å². The highest BCUT2D eigenvalue weighted by Gasteiger charge is 2.39. The molecule has 5 heterocycles. The minimum atomic E-state index is -0.954. The number of amides is 1. The number of ether oxygens (including phenoxy) is 2. The number of pyridine rings is 2. The van der Waals surface area contributed by atoms with Gasteiger partial charge < -0.3 is 25.2 Å². The van der Waals surface area contributed by atoms with Crippen molar-refractivity contribution < 1.29 is 19.4 Å². The zero-order valence-corrected chi connectivity index (χ0v) is 19.4. The minimum Gasteiger partial charge on any atom is -0.495 e. The van der Waals surface area contributed by atoms with Crippen LogP contribution in [-0.4, -0.2) is 59.8 Å².